The van der Waals surface area contributed by atoms with Crippen molar-refractivity contribution in [3.63, 3.8) is 0 Å². The average molecular weight is 297 g/mol. The monoisotopic (exact) mass is 297 g/mol. The Labute approximate surface area is 117 Å². The predicted molar refractivity (Wildman–Crippen MR) is 72.5 cm³/mol. The van der Waals surface area contributed by atoms with Crippen molar-refractivity contribution in [2.45, 2.75) is 0 Å². The Bertz CT molecular complexity index is 590. The van der Waals surface area contributed by atoms with E-state index in [1.165, 1.54) is 7.05 Å². The minimum atomic E-state index is -3.33. The molecule has 8 heteroatoms. The van der Waals surface area contributed by atoms with Gasteiger partial charge < -0.3 is 10.1 Å². The highest BCUT2D eigenvalue weighted by atomic mass is 32.2. The second-order valence-corrected chi connectivity index (χ2v) is 5.84. The third-order valence-electron chi connectivity index (χ3n) is 2.36. The molecule has 2 N–H and O–H groups in total. The predicted octanol–water partition coefficient (Wildman–Crippen LogP) is -0.398. The second kappa shape index (κ2) is 7.47. The number of carbonyl (C=O) groups excluding carboxylic acids is 1. The van der Waals surface area contributed by atoms with Crippen LogP contribution in [0.15, 0.2) is 24.3 Å². The third-order valence-corrected chi connectivity index (χ3v) is 3.72. The molecule has 0 saturated carbocycles. The van der Waals surface area contributed by atoms with Crippen LogP contribution in [-0.4, -0.2) is 40.3 Å². The molecule has 1 aromatic rings. The lowest BCUT2D eigenvalue weighted by Crippen LogP contribution is -2.35. The Kier molecular flexibility index (Phi) is 5.96. The number of sulfonamides is 1. The fraction of sp³-hybridized carbons (Fsp3) is 0.333. The number of carbonyl (C=O) groups is 1. The Morgan fingerprint density at radius 1 is 1.35 bits per heavy atom. The number of nitriles is 1. The lowest BCUT2D eigenvalue weighted by atomic mass is 10.2. The van der Waals surface area contributed by atoms with Gasteiger partial charge in [0.25, 0.3) is 5.91 Å². The van der Waals surface area contributed by atoms with Crippen LogP contribution >= 0.6 is 0 Å². The largest absolute Gasteiger partial charge is 0.484 e. The average Bonchev–Trinajstić information content (AvgIpc) is 2.45. The quantitative estimate of drug-likeness (QED) is 0.712. The molecule has 0 unspecified atom stereocenters. The van der Waals surface area contributed by atoms with Gasteiger partial charge in [-0.15, -0.1) is 0 Å². The molecule has 20 heavy (non-hydrogen) atoms. The van der Waals surface area contributed by atoms with Crippen LogP contribution in [0, 0.1) is 11.3 Å². The first-order valence-corrected chi connectivity index (χ1v) is 7.43. The summed E-state index contributed by atoms with van der Waals surface area (Å²) in [5.74, 6) is -0.144. The molecule has 7 nitrogen and oxygen atoms in total. The van der Waals surface area contributed by atoms with Crippen molar-refractivity contribution >= 4 is 15.9 Å². The molecule has 0 fully saturated rings. The van der Waals surface area contributed by atoms with Crippen LogP contribution in [0.2, 0.25) is 0 Å². The summed E-state index contributed by atoms with van der Waals surface area (Å²) in [6, 6.07) is 8.28. The summed E-state index contributed by atoms with van der Waals surface area (Å²) < 4.78 is 29.5. The number of hydrogen-bond acceptors (Lipinski definition) is 5. The molecule has 108 valence electrons. The molecule has 0 aliphatic rings. The lowest BCUT2D eigenvalue weighted by molar-refractivity contribution is -0.122. The zero-order valence-corrected chi connectivity index (χ0v) is 11.7. The Morgan fingerprint density at radius 2 is 2.00 bits per heavy atom. The van der Waals surface area contributed by atoms with Crippen molar-refractivity contribution in [3.05, 3.63) is 29.8 Å². The standard InChI is InChI=1S/C12H15N3O4S/c1-14-20(17,18)7-6-15-12(16)9-19-11-4-2-10(8-13)3-5-11/h2-5,14H,6-7,9H2,1H3,(H,15,16). The SMILES string of the molecule is CNS(=O)(=O)CCNC(=O)COc1ccc(C#N)cc1. The van der Waals surface area contributed by atoms with Crippen LogP contribution in [0.3, 0.4) is 0 Å². The van der Waals surface area contributed by atoms with E-state index in [2.05, 4.69) is 10.0 Å². The van der Waals surface area contributed by atoms with Gasteiger partial charge in [0.2, 0.25) is 10.0 Å². The van der Waals surface area contributed by atoms with E-state index in [0.717, 1.165) is 0 Å². The number of nitrogens with one attached hydrogen (secondary N) is 2. The third kappa shape index (κ3) is 5.69. The summed E-state index contributed by atoms with van der Waals surface area (Å²) in [5.41, 5.74) is 0.499. The molecule has 0 aliphatic heterocycles. The van der Waals surface area contributed by atoms with Gasteiger partial charge in [-0.05, 0) is 31.3 Å². The van der Waals surface area contributed by atoms with Crippen molar-refractivity contribution < 1.29 is 17.9 Å². The van der Waals surface area contributed by atoms with E-state index >= 15 is 0 Å². The van der Waals surface area contributed by atoms with Crippen LogP contribution in [0.4, 0.5) is 0 Å². The zero-order chi connectivity index (χ0) is 15.0. The number of benzene rings is 1. The first-order valence-electron chi connectivity index (χ1n) is 5.78. The number of nitrogens with zero attached hydrogens (tertiary/aromatic N) is 1. The van der Waals surface area contributed by atoms with Crippen LogP contribution in [0.25, 0.3) is 0 Å². The summed E-state index contributed by atoms with van der Waals surface area (Å²) in [6.45, 7) is -0.204. The van der Waals surface area contributed by atoms with Gasteiger partial charge in [0.1, 0.15) is 5.75 Å². The first-order chi connectivity index (χ1) is 9.46. The normalized spacial score (nSPS) is 10.6. The maximum absolute atomic E-state index is 11.4. The van der Waals surface area contributed by atoms with Crippen molar-refractivity contribution in [2.75, 3.05) is 26.0 Å². The smallest absolute Gasteiger partial charge is 0.257 e. The maximum atomic E-state index is 11.4. The van der Waals surface area contributed by atoms with E-state index in [1.807, 2.05) is 6.07 Å². The number of hydrogen-bond donors (Lipinski definition) is 2. The Balaban J connectivity index is 2.31. The fourth-order valence-corrected chi connectivity index (χ4v) is 1.83. The Hall–Kier alpha value is -2.11. The van der Waals surface area contributed by atoms with Crippen molar-refractivity contribution in [2.24, 2.45) is 0 Å². The van der Waals surface area contributed by atoms with Gasteiger partial charge in [-0.1, -0.05) is 0 Å². The van der Waals surface area contributed by atoms with Gasteiger partial charge >= 0.3 is 0 Å². The van der Waals surface area contributed by atoms with E-state index < -0.39 is 15.9 Å². The molecule has 0 aliphatic carbocycles. The number of rotatable bonds is 7. The first kappa shape index (κ1) is 15.9. The summed E-state index contributed by atoms with van der Waals surface area (Å²) in [5, 5.41) is 11.1. The molecule has 0 aromatic heterocycles. The van der Waals surface area contributed by atoms with Gasteiger partial charge in [-0.2, -0.15) is 5.26 Å². The summed E-state index contributed by atoms with van der Waals surface area (Å²) >= 11 is 0. The summed E-state index contributed by atoms with van der Waals surface area (Å²) in [6.07, 6.45) is 0. The number of amides is 1. The van der Waals surface area contributed by atoms with Crippen LogP contribution in [0.1, 0.15) is 5.56 Å². The van der Waals surface area contributed by atoms with Crippen molar-refractivity contribution in [1.82, 2.24) is 10.0 Å². The molecule has 0 saturated heterocycles. The van der Waals surface area contributed by atoms with Gasteiger partial charge in [0.05, 0.1) is 17.4 Å². The summed E-state index contributed by atoms with van der Waals surface area (Å²) in [4.78, 5) is 11.4. The molecule has 0 spiro atoms. The van der Waals surface area contributed by atoms with Crippen molar-refractivity contribution in [1.29, 1.82) is 5.26 Å². The molecule has 1 amide bonds. The van der Waals surface area contributed by atoms with E-state index in [0.29, 0.717) is 11.3 Å². The minimum absolute atomic E-state index is 0.0126. The highest BCUT2D eigenvalue weighted by molar-refractivity contribution is 7.89. The van der Waals surface area contributed by atoms with E-state index in [4.69, 9.17) is 10.00 Å². The van der Waals surface area contributed by atoms with Gasteiger partial charge in [-0.25, -0.2) is 13.1 Å². The Morgan fingerprint density at radius 3 is 2.55 bits per heavy atom. The van der Waals surface area contributed by atoms with E-state index in [1.54, 1.807) is 24.3 Å². The molecule has 0 heterocycles. The second-order valence-electron chi connectivity index (χ2n) is 3.80. The molecule has 0 bridgehead atoms. The van der Waals surface area contributed by atoms with E-state index in [-0.39, 0.29) is 18.9 Å². The molecule has 0 radical (unpaired) electrons. The van der Waals surface area contributed by atoms with Gasteiger partial charge in [0.15, 0.2) is 6.61 Å². The topological polar surface area (TPSA) is 108 Å². The van der Waals surface area contributed by atoms with E-state index in [9.17, 15) is 13.2 Å². The number of ether oxygens (including phenoxy) is 1. The molecule has 1 aromatic carbocycles. The van der Waals surface area contributed by atoms with Gasteiger partial charge in [-0.3, -0.25) is 4.79 Å². The molecule has 1 rings (SSSR count). The minimum Gasteiger partial charge on any atom is -0.484 e. The van der Waals surface area contributed by atoms with Crippen LogP contribution in [0.5, 0.6) is 5.75 Å². The fourth-order valence-electron chi connectivity index (χ4n) is 1.25. The van der Waals surface area contributed by atoms with Crippen LogP contribution in [-0.2, 0) is 14.8 Å². The van der Waals surface area contributed by atoms with Gasteiger partial charge in [0, 0.05) is 6.54 Å². The molecular formula is C12H15N3O4S. The maximum Gasteiger partial charge on any atom is 0.257 e. The van der Waals surface area contributed by atoms with Crippen molar-refractivity contribution in [3.8, 4) is 11.8 Å². The highest BCUT2D eigenvalue weighted by Crippen LogP contribution is 2.10. The summed E-state index contributed by atoms with van der Waals surface area (Å²) in [7, 11) is -2.02. The van der Waals surface area contributed by atoms with Crippen LogP contribution < -0.4 is 14.8 Å². The molecular weight excluding hydrogens is 282 g/mol. The zero-order valence-electron chi connectivity index (χ0n) is 10.9. The lowest BCUT2D eigenvalue weighted by Gasteiger charge is -2.07. The highest BCUT2D eigenvalue weighted by Gasteiger charge is 2.08. The molecule has 0 atom stereocenters.